The van der Waals surface area contributed by atoms with Gasteiger partial charge in [-0.2, -0.15) is 13.2 Å². The van der Waals surface area contributed by atoms with Gasteiger partial charge in [0.25, 0.3) is 0 Å². The summed E-state index contributed by atoms with van der Waals surface area (Å²) in [5.41, 5.74) is 0. The van der Waals surface area contributed by atoms with Gasteiger partial charge in [-0.05, 0) is 12.1 Å². The molecule has 1 aromatic carbocycles. The number of alkyl halides is 3. The number of hydrogen-bond acceptors (Lipinski definition) is 6. The molecule has 2 rings (SSSR count). The van der Waals surface area contributed by atoms with E-state index in [1.54, 1.807) is 19.1 Å². The number of nitrogens with zero attached hydrogens (tertiary/aromatic N) is 2. The first-order valence-corrected chi connectivity index (χ1v) is 6.39. The first-order chi connectivity index (χ1) is 10.4. The second-order valence-corrected chi connectivity index (χ2v) is 4.25. The molecular formula is C13H14F3N3O3. The number of aryl methyl sites for hydroxylation is 1. The number of para-hydroxylation sites is 2. The fraction of sp³-hybridized carbons (Fsp3) is 0.385. The highest BCUT2D eigenvalue weighted by molar-refractivity contribution is 5.39. The van der Waals surface area contributed by atoms with Crippen molar-refractivity contribution >= 4 is 6.01 Å². The molecule has 0 saturated carbocycles. The van der Waals surface area contributed by atoms with Crippen LogP contribution in [0.1, 0.15) is 5.89 Å². The zero-order chi connectivity index (χ0) is 16.0. The van der Waals surface area contributed by atoms with Crippen molar-refractivity contribution in [3.8, 4) is 11.5 Å². The number of benzene rings is 1. The second-order valence-electron chi connectivity index (χ2n) is 4.25. The van der Waals surface area contributed by atoms with Gasteiger partial charge in [0.05, 0.1) is 6.54 Å². The van der Waals surface area contributed by atoms with E-state index >= 15 is 0 Å². The highest BCUT2D eigenvalue weighted by atomic mass is 19.4. The molecule has 1 heterocycles. The van der Waals surface area contributed by atoms with Gasteiger partial charge in [-0.15, -0.1) is 5.10 Å². The lowest BCUT2D eigenvalue weighted by Gasteiger charge is -2.13. The van der Waals surface area contributed by atoms with Gasteiger partial charge < -0.3 is 19.2 Å². The van der Waals surface area contributed by atoms with Crippen LogP contribution in [0.3, 0.4) is 0 Å². The zero-order valence-electron chi connectivity index (χ0n) is 11.7. The Balaban J connectivity index is 1.82. The van der Waals surface area contributed by atoms with E-state index in [-0.39, 0.29) is 24.1 Å². The Hall–Kier alpha value is -2.45. The van der Waals surface area contributed by atoms with Gasteiger partial charge in [-0.1, -0.05) is 17.2 Å². The largest absolute Gasteiger partial charge is 0.488 e. The number of anilines is 1. The molecule has 9 heteroatoms. The Kier molecular flexibility index (Phi) is 5.08. The quantitative estimate of drug-likeness (QED) is 0.792. The van der Waals surface area contributed by atoms with Gasteiger partial charge in [0.15, 0.2) is 18.1 Å². The van der Waals surface area contributed by atoms with Crippen LogP contribution in [0.25, 0.3) is 0 Å². The SMILES string of the molecule is Cc1nnc(NCCOc2ccccc2OCC(F)(F)F)o1. The molecule has 6 nitrogen and oxygen atoms in total. The van der Waals surface area contributed by atoms with Crippen LogP contribution in [0.5, 0.6) is 11.5 Å². The van der Waals surface area contributed by atoms with Crippen molar-refractivity contribution in [3.63, 3.8) is 0 Å². The summed E-state index contributed by atoms with van der Waals surface area (Å²) < 4.78 is 51.7. The normalized spacial score (nSPS) is 11.3. The topological polar surface area (TPSA) is 69.4 Å². The number of hydrogen-bond donors (Lipinski definition) is 1. The minimum absolute atomic E-state index is 0.0356. The van der Waals surface area contributed by atoms with Crippen LogP contribution in [0.15, 0.2) is 28.7 Å². The average Bonchev–Trinajstić information content (AvgIpc) is 2.87. The molecule has 0 spiro atoms. The van der Waals surface area contributed by atoms with Crippen LogP contribution >= 0.6 is 0 Å². The molecule has 1 aromatic heterocycles. The maximum atomic E-state index is 12.2. The number of nitrogens with one attached hydrogen (secondary N) is 1. The van der Waals surface area contributed by atoms with Crippen LogP contribution in [0.4, 0.5) is 19.2 Å². The van der Waals surface area contributed by atoms with Crippen molar-refractivity contribution in [1.29, 1.82) is 0 Å². The average molecular weight is 317 g/mol. The van der Waals surface area contributed by atoms with Crippen LogP contribution < -0.4 is 14.8 Å². The predicted molar refractivity (Wildman–Crippen MR) is 71.0 cm³/mol. The van der Waals surface area contributed by atoms with Crippen molar-refractivity contribution in [2.75, 3.05) is 25.1 Å². The Morgan fingerprint density at radius 2 is 1.82 bits per heavy atom. The monoisotopic (exact) mass is 317 g/mol. The highest BCUT2D eigenvalue weighted by Crippen LogP contribution is 2.28. The smallest absolute Gasteiger partial charge is 0.422 e. The molecule has 0 saturated heterocycles. The molecule has 0 bridgehead atoms. The minimum Gasteiger partial charge on any atom is -0.488 e. The van der Waals surface area contributed by atoms with Gasteiger partial charge in [-0.3, -0.25) is 0 Å². The number of halogens is 3. The summed E-state index contributed by atoms with van der Waals surface area (Å²) in [4.78, 5) is 0. The molecule has 0 aliphatic carbocycles. The number of aromatic nitrogens is 2. The van der Waals surface area contributed by atoms with Crippen LogP contribution in [0, 0.1) is 6.92 Å². The molecule has 2 aromatic rings. The summed E-state index contributed by atoms with van der Waals surface area (Å²) in [6.45, 7) is 0.818. The third-order valence-corrected chi connectivity index (χ3v) is 2.40. The van der Waals surface area contributed by atoms with Crippen LogP contribution in [-0.4, -0.2) is 36.1 Å². The summed E-state index contributed by atoms with van der Waals surface area (Å²) in [5, 5.41) is 10.2. The van der Waals surface area contributed by atoms with Crippen LogP contribution in [0.2, 0.25) is 0 Å². The van der Waals surface area contributed by atoms with Crippen molar-refractivity contribution in [1.82, 2.24) is 10.2 Å². The Morgan fingerprint density at radius 1 is 1.14 bits per heavy atom. The fourth-order valence-electron chi connectivity index (χ4n) is 1.54. The zero-order valence-corrected chi connectivity index (χ0v) is 11.7. The molecular weight excluding hydrogens is 303 g/mol. The summed E-state index contributed by atoms with van der Waals surface area (Å²) in [7, 11) is 0. The third kappa shape index (κ3) is 5.15. The maximum Gasteiger partial charge on any atom is 0.422 e. The van der Waals surface area contributed by atoms with Gasteiger partial charge >= 0.3 is 12.2 Å². The summed E-state index contributed by atoms with van der Waals surface area (Å²) >= 11 is 0. The second kappa shape index (κ2) is 7.01. The maximum absolute atomic E-state index is 12.2. The lowest BCUT2D eigenvalue weighted by molar-refractivity contribution is -0.153. The van der Waals surface area contributed by atoms with E-state index in [1.165, 1.54) is 12.1 Å². The first-order valence-electron chi connectivity index (χ1n) is 6.39. The van der Waals surface area contributed by atoms with Gasteiger partial charge in [-0.25, -0.2) is 0 Å². The van der Waals surface area contributed by atoms with Gasteiger partial charge in [0.1, 0.15) is 6.61 Å². The number of ether oxygens (including phenoxy) is 2. The van der Waals surface area contributed by atoms with Crippen molar-refractivity contribution in [2.24, 2.45) is 0 Å². The summed E-state index contributed by atoms with van der Waals surface area (Å²) in [5.74, 6) is 0.693. The molecule has 0 radical (unpaired) electrons. The first kappa shape index (κ1) is 15.9. The van der Waals surface area contributed by atoms with E-state index in [4.69, 9.17) is 13.9 Å². The number of rotatable bonds is 7. The van der Waals surface area contributed by atoms with Crippen LogP contribution in [-0.2, 0) is 0 Å². The van der Waals surface area contributed by atoms with E-state index in [1.807, 2.05) is 0 Å². The molecule has 0 amide bonds. The van der Waals surface area contributed by atoms with Crippen molar-refractivity contribution in [3.05, 3.63) is 30.2 Å². The van der Waals surface area contributed by atoms with E-state index in [2.05, 4.69) is 15.5 Å². The predicted octanol–water partition coefficient (Wildman–Crippen LogP) is 2.81. The van der Waals surface area contributed by atoms with Gasteiger partial charge in [0.2, 0.25) is 5.89 Å². The molecule has 22 heavy (non-hydrogen) atoms. The molecule has 0 aliphatic heterocycles. The third-order valence-electron chi connectivity index (χ3n) is 2.40. The van der Waals surface area contributed by atoms with Crippen molar-refractivity contribution < 1.29 is 27.1 Å². The Labute approximate surface area is 124 Å². The minimum atomic E-state index is -4.40. The van der Waals surface area contributed by atoms with Gasteiger partial charge in [0, 0.05) is 6.92 Å². The van der Waals surface area contributed by atoms with E-state index in [9.17, 15) is 13.2 Å². The Morgan fingerprint density at radius 3 is 2.41 bits per heavy atom. The Bertz CT molecular complexity index is 601. The van der Waals surface area contributed by atoms with E-state index in [0.29, 0.717) is 12.4 Å². The highest BCUT2D eigenvalue weighted by Gasteiger charge is 2.28. The molecule has 0 fully saturated rings. The summed E-state index contributed by atoms with van der Waals surface area (Å²) in [6, 6.07) is 6.41. The van der Waals surface area contributed by atoms with E-state index in [0.717, 1.165) is 0 Å². The molecule has 120 valence electrons. The van der Waals surface area contributed by atoms with E-state index < -0.39 is 12.8 Å². The molecule has 0 unspecified atom stereocenters. The fourth-order valence-corrected chi connectivity index (χ4v) is 1.54. The standard InChI is InChI=1S/C13H14F3N3O3/c1-9-18-19-12(22-9)17-6-7-20-10-4-2-3-5-11(10)21-8-13(14,15)16/h2-5H,6-8H2,1H3,(H,17,19). The van der Waals surface area contributed by atoms with Crippen molar-refractivity contribution in [2.45, 2.75) is 13.1 Å². The summed E-state index contributed by atoms with van der Waals surface area (Å²) in [6.07, 6.45) is -4.40. The molecule has 0 atom stereocenters. The lowest BCUT2D eigenvalue weighted by atomic mass is 10.3. The molecule has 0 aliphatic rings. The lowest BCUT2D eigenvalue weighted by Crippen LogP contribution is -2.19. The molecule has 1 N–H and O–H groups in total.